The number of benzene rings is 2. The lowest BCUT2D eigenvalue weighted by Gasteiger charge is -2.16. The minimum atomic E-state index is -0.150. The van der Waals surface area contributed by atoms with Gasteiger partial charge in [0.05, 0.1) is 28.7 Å². The Hall–Kier alpha value is -2.54. The van der Waals surface area contributed by atoms with Crippen LogP contribution < -0.4 is 15.7 Å². The maximum atomic E-state index is 12.8. The van der Waals surface area contributed by atoms with Gasteiger partial charge in [0.25, 0.3) is 0 Å². The van der Waals surface area contributed by atoms with Crippen LogP contribution in [0.15, 0.2) is 51.7 Å². The van der Waals surface area contributed by atoms with Gasteiger partial charge in [-0.25, -0.2) is 4.79 Å². The summed E-state index contributed by atoms with van der Waals surface area (Å²) in [6, 6.07) is 13.3. The van der Waals surface area contributed by atoms with Crippen molar-refractivity contribution in [1.82, 2.24) is 14.5 Å². The molecule has 1 atom stereocenters. The average Bonchev–Trinajstić information content (AvgIpc) is 2.98. The highest BCUT2D eigenvalue weighted by molar-refractivity contribution is 9.10. The first-order valence-corrected chi connectivity index (χ1v) is 10.6. The van der Waals surface area contributed by atoms with Crippen molar-refractivity contribution in [3.63, 3.8) is 0 Å². The molecule has 0 aliphatic heterocycles. The fourth-order valence-corrected chi connectivity index (χ4v) is 4.05. The molecular formula is C22H26BrN3O3. The van der Waals surface area contributed by atoms with Crippen molar-refractivity contribution in [2.45, 2.75) is 45.8 Å². The number of ether oxygens (including phenoxy) is 1. The van der Waals surface area contributed by atoms with Gasteiger partial charge >= 0.3 is 5.69 Å². The molecule has 3 aromatic rings. The maximum Gasteiger partial charge on any atom is 0.329 e. The lowest BCUT2D eigenvalue weighted by Crippen LogP contribution is -2.30. The second-order valence-corrected chi connectivity index (χ2v) is 7.86. The molecule has 1 heterocycles. The Balaban J connectivity index is 1.70. The number of carbonyl (C=O) groups excluding carboxylic acids is 1. The van der Waals surface area contributed by atoms with E-state index in [4.69, 9.17) is 4.74 Å². The van der Waals surface area contributed by atoms with Crippen molar-refractivity contribution >= 4 is 32.9 Å². The van der Waals surface area contributed by atoms with Crippen LogP contribution in [0.4, 0.5) is 0 Å². The molecule has 0 radical (unpaired) electrons. The molecule has 7 heteroatoms. The molecule has 0 aliphatic carbocycles. The zero-order chi connectivity index (χ0) is 21.0. The zero-order valence-electron chi connectivity index (χ0n) is 16.9. The molecule has 1 unspecified atom stereocenters. The summed E-state index contributed by atoms with van der Waals surface area (Å²) in [7, 11) is 1.62. The monoisotopic (exact) mass is 459 g/mol. The van der Waals surface area contributed by atoms with Crippen LogP contribution in [0.1, 0.15) is 38.3 Å². The van der Waals surface area contributed by atoms with Gasteiger partial charge in [-0.2, -0.15) is 0 Å². The lowest BCUT2D eigenvalue weighted by atomic mass is 10.1. The molecule has 154 valence electrons. The second kappa shape index (κ2) is 9.31. The summed E-state index contributed by atoms with van der Waals surface area (Å²) < 4.78 is 9.56. The number of halogens is 1. The van der Waals surface area contributed by atoms with Gasteiger partial charge in [0.15, 0.2) is 0 Å². The van der Waals surface area contributed by atoms with E-state index in [1.165, 1.54) is 0 Å². The summed E-state index contributed by atoms with van der Waals surface area (Å²) >= 11 is 3.47. The molecular weight excluding hydrogens is 434 g/mol. The number of aromatic nitrogens is 2. The van der Waals surface area contributed by atoms with Crippen LogP contribution >= 0.6 is 15.9 Å². The maximum absolute atomic E-state index is 12.8. The van der Waals surface area contributed by atoms with E-state index in [1.807, 2.05) is 56.3 Å². The molecule has 1 N–H and O–H groups in total. The number of nitrogens with zero attached hydrogens (tertiary/aromatic N) is 2. The van der Waals surface area contributed by atoms with Gasteiger partial charge in [-0.1, -0.05) is 25.1 Å². The molecule has 29 heavy (non-hydrogen) atoms. The van der Waals surface area contributed by atoms with Crippen LogP contribution in [-0.2, 0) is 17.9 Å². The summed E-state index contributed by atoms with van der Waals surface area (Å²) in [6.07, 6.45) is 1.12. The van der Waals surface area contributed by atoms with E-state index in [0.29, 0.717) is 13.1 Å². The van der Waals surface area contributed by atoms with Crippen molar-refractivity contribution in [2.75, 3.05) is 7.11 Å². The Labute approximate surface area is 178 Å². The van der Waals surface area contributed by atoms with Gasteiger partial charge in [-0.3, -0.25) is 13.9 Å². The van der Waals surface area contributed by atoms with Gasteiger partial charge < -0.3 is 10.1 Å². The SMILES string of the molecule is CCCn1c(=O)n(CCC(=O)NC(C)c2ccc(OC)c(Br)c2)c2ccccc21. The van der Waals surface area contributed by atoms with Crippen molar-refractivity contribution in [3.05, 3.63) is 63.0 Å². The topological polar surface area (TPSA) is 65.3 Å². The van der Waals surface area contributed by atoms with E-state index < -0.39 is 0 Å². The van der Waals surface area contributed by atoms with Gasteiger partial charge in [0.2, 0.25) is 5.91 Å². The van der Waals surface area contributed by atoms with Crippen molar-refractivity contribution in [2.24, 2.45) is 0 Å². The molecule has 6 nitrogen and oxygen atoms in total. The van der Waals surface area contributed by atoms with E-state index in [2.05, 4.69) is 21.2 Å². The molecule has 3 rings (SSSR count). The Morgan fingerprint density at radius 2 is 1.79 bits per heavy atom. The second-order valence-electron chi connectivity index (χ2n) is 7.01. The Morgan fingerprint density at radius 3 is 2.38 bits per heavy atom. The summed E-state index contributed by atoms with van der Waals surface area (Å²) in [5.41, 5.74) is 2.69. The Kier molecular flexibility index (Phi) is 6.79. The number of imidazole rings is 1. The fraction of sp³-hybridized carbons (Fsp3) is 0.364. The standard InChI is InChI=1S/C22H26BrN3O3/c1-4-12-25-18-7-5-6-8-19(18)26(22(25)28)13-11-21(27)24-15(2)16-9-10-20(29-3)17(23)14-16/h5-10,14-15H,4,11-13H2,1-3H3,(H,24,27). The predicted octanol–water partition coefficient (Wildman–Crippen LogP) is 4.25. The first kappa shape index (κ1) is 21.2. The normalized spacial score (nSPS) is 12.1. The van der Waals surface area contributed by atoms with Crippen LogP contribution in [-0.4, -0.2) is 22.2 Å². The molecule has 0 saturated heterocycles. The molecule has 0 aliphatic rings. The largest absolute Gasteiger partial charge is 0.496 e. The van der Waals surface area contributed by atoms with Crippen LogP contribution in [0.3, 0.4) is 0 Å². The fourth-order valence-electron chi connectivity index (χ4n) is 3.49. The lowest BCUT2D eigenvalue weighted by molar-refractivity contribution is -0.121. The number of aryl methyl sites for hydroxylation is 2. The third kappa shape index (κ3) is 4.56. The molecule has 0 saturated carbocycles. The highest BCUT2D eigenvalue weighted by Crippen LogP contribution is 2.28. The number of nitrogens with one attached hydrogen (secondary N) is 1. The number of rotatable bonds is 8. The van der Waals surface area contributed by atoms with Crippen LogP contribution in [0, 0.1) is 0 Å². The van der Waals surface area contributed by atoms with E-state index in [9.17, 15) is 9.59 Å². The summed E-state index contributed by atoms with van der Waals surface area (Å²) in [5.74, 6) is 0.652. The first-order chi connectivity index (χ1) is 14.0. The number of carbonyl (C=O) groups is 1. The minimum Gasteiger partial charge on any atom is -0.496 e. The summed E-state index contributed by atoms with van der Waals surface area (Å²) in [5, 5.41) is 3.01. The molecule has 0 spiro atoms. The molecule has 0 bridgehead atoms. The van der Waals surface area contributed by atoms with Crippen LogP contribution in [0.25, 0.3) is 11.0 Å². The number of hydrogen-bond acceptors (Lipinski definition) is 3. The first-order valence-electron chi connectivity index (χ1n) is 9.77. The van der Waals surface area contributed by atoms with Crippen molar-refractivity contribution in [3.8, 4) is 5.75 Å². The quantitative estimate of drug-likeness (QED) is 0.547. The zero-order valence-corrected chi connectivity index (χ0v) is 18.5. The molecule has 0 fully saturated rings. The third-order valence-electron chi connectivity index (χ3n) is 4.99. The van der Waals surface area contributed by atoms with E-state index >= 15 is 0 Å². The van der Waals surface area contributed by atoms with E-state index in [1.54, 1.807) is 16.2 Å². The van der Waals surface area contributed by atoms with Gasteiger partial charge in [-0.05, 0) is 59.1 Å². The van der Waals surface area contributed by atoms with E-state index in [-0.39, 0.29) is 24.1 Å². The van der Waals surface area contributed by atoms with Crippen molar-refractivity contribution in [1.29, 1.82) is 0 Å². The smallest absolute Gasteiger partial charge is 0.329 e. The summed E-state index contributed by atoms with van der Waals surface area (Å²) in [4.78, 5) is 25.3. The number of methoxy groups -OCH3 is 1. The van der Waals surface area contributed by atoms with Crippen LogP contribution in [0.2, 0.25) is 0 Å². The number of para-hydroxylation sites is 2. The average molecular weight is 460 g/mol. The molecule has 2 aromatic carbocycles. The highest BCUT2D eigenvalue weighted by atomic mass is 79.9. The number of hydrogen-bond donors (Lipinski definition) is 1. The Bertz CT molecular complexity index is 1070. The third-order valence-corrected chi connectivity index (χ3v) is 5.61. The summed E-state index contributed by atoms with van der Waals surface area (Å²) in [6.45, 7) is 5.00. The minimum absolute atomic E-state index is 0.0621. The van der Waals surface area contributed by atoms with Gasteiger partial charge in [0, 0.05) is 19.5 Å². The van der Waals surface area contributed by atoms with Crippen molar-refractivity contribution < 1.29 is 9.53 Å². The number of amides is 1. The Morgan fingerprint density at radius 1 is 1.14 bits per heavy atom. The number of fused-ring (bicyclic) bond motifs is 1. The molecule has 1 amide bonds. The van der Waals surface area contributed by atoms with Gasteiger partial charge in [-0.15, -0.1) is 0 Å². The predicted molar refractivity (Wildman–Crippen MR) is 118 cm³/mol. The highest BCUT2D eigenvalue weighted by Gasteiger charge is 2.15. The van der Waals surface area contributed by atoms with Gasteiger partial charge in [0.1, 0.15) is 5.75 Å². The molecule has 1 aromatic heterocycles. The van der Waals surface area contributed by atoms with E-state index in [0.717, 1.165) is 33.2 Å². The van der Waals surface area contributed by atoms with Crippen LogP contribution in [0.5, 0.6) is 5.75 Å².